The van der Waals surface area contributed by atoms with Crippen molar-refractivity contribution in [1.29, 1.82) is 0 Å². The van der Waals surface area contributed by atoms with Gasteiger partial charge >= 0.3 is 0 Å². The van der Waals surface area contributed by atoms with Crippen molar-refractivity contribution < 1.29 is 18.9 Å². The van der Waals surface area contributed by atoms with E-state index in [1.165, 1.54) is 0 Å². The molecule has 0 heterocycles. The number of hydrogen-bond donors (Lipinski definition) is 1. The van der Waals surface area contributed by atoms with Crippen LogP contribution in [0.25, 0.3) is 0 Å². The van der Waals surface area contributed by atoms with Gasteiger partial charge in [0, 0.05) is 13.7 Å². The van der Waals surface area contributed by atoms with E-state index in [1.54, 1.807) is 7.11 Å². The quantitative estimate of drug-likeness (QED) is 0.612. The second-order valence-electron chi connectivity index (χ2n) is 3.92. The molecule has 0 aliphatic carbocycles. The van der Waals surface area contributed by atoms with Crippen molar-refractivity contribution in [2.75, 3.05) is 46.8 Å². The number of rotatable bonds is 11. The maximum Gasteiger partial charge on any atom is 0.119 e. The molecule has 108 valence electrons. The molecule has 0 amide bonds. The minimum absolute atomic E-state index is 0.520. The van der Waals surface area contributed by atoms with E-state index in [2.05, 4.69) is 0 Å². The molecule has 0 bridgehead atoms. The van der Waals surface area contributed by atoms with Crippen LogP contribution in [0.1, 0.15) is 5.56 Å². The predicted molar refractivity (Wildman–Crippen MR) is 73.3 cm³/mol. The molecule has 0 radical (unpaired) electrons. The van der Waals surface area contributed by atoms with Gasteiger partial charge in [0.15, 0.2) is 0 Å². The summed E-state index contributed by atoms with van der Waals surface area (Å²) in [5.41, 5.74) is 6.62. The van der Waals surface area contributed by atoms with Gasteiger partial charge in [0.25, 0.3) is 0 Å². The molecule has 1 aromatic carbocycles. The van der Waals surface area contributed by atoms with Crippen LogP contribution in [-0.4, -0.2) is 46.8 Å². The van der Waals surface area contributed by atoms with Gasteiger partial charge in [-0.15, -0.1) is 0 Å². The van der Waals surface area contributed by atoms with Crippen molar-refractivity contribution in [3.05, 3.63) is 29.8 Å². The average molecular weight is 269 g/mol. The molecule has 1 rings (SSSR count). The lowest BCUT2D eigenvalue weighted by molar-refractivity contribution is 0.0179. The smallest absolute Gasteiger partial charge is 0.119 e. The highest BCUT2D eigenvalue weighted by Gasteiger charge is 1.96. The molecule has 5 heteroatoms. The molecule has 0 spiro atoms. The molecule has 0 aliphatic rings. The molecule has 5 nitrogen and oxygen atoms in total. The molecule has 0 unspecified atom stereocenters. The van der Waals surface area contributed by atoms with E-state index >= 15 is 0 Å². The zero-order valence-corrected chi connectivity index (χ0v) is 11.5. The summed E-state index contributed by atoms with van der Waals surface area (Å²) in [6.45, 7) is 3.93. The maximum atomic E-state index is 5.56. The number of ether oxygens (including phenoxy) is 4. The highest BCUT2D eigenvalue weighted by molar-refractivity contribution is 5.28. The SMILES string of the molecule is COCCOCCOCCOc1cccc(CN)c1. The summed E-state index contributed by atoms with van der Waals surface area (Å²) in [6, 6.07) is 7.75. The summed E-state index contributed by atoms with van der Waals surface area (Å²) >= 11 is 0. The highest BCUT2D eigenvalue weighted by Crippen LogP contribution is 2.12. The van der Waals surface area contributed by atoms with Gasteiger partial charge in [-0.1, -0.05) is 12.1 Å². The lowest BCUT2D eigenvalue weighted by Gasteiger charge is -2.08. The van der Waals surface area contributed by atoms with Crippen LogP contribution >= 0.6 is 0 Å². The molecule has 0 saturated heterocycles. The van der Waals surface area contributed by atoms with Crippen LogP contribution in [0.15, 0.2) is 24.3 Å². The minimum atomic E-state index is 0.520. The third-order valence-electron chi connectivity index (χ3n) is 2.43. The fraction of sp³-hybridized carbons (Fsp3) is 0.571. The van der Waals surface area contributed by atoms with Crippen molar-refractivity contribution in [2.24, 2.45) is 5.73 Å². The standard InChI is InChI=1S/C14H23NO4/c1-16-5-6-17-7-8-18-9-10-19-14-4-2-3-13(11-14)12-15/h2-4,11H,5-10,12,15H2,1H3. The van der Waals surface area contributed by atoms with Crippen LogP contribution in [0.4, 0.5) is 0 Å². The first-order valence-corrected chi connectivity index (χ1v) is 6.43. The highest BCUT2D eigenvalue weighted by atomic mass is 16.6. The third-order valence-corrected chi connectivity index (χ3v) is 2.43. The van der Waals surface area contributed by atoms with E-state index in [9.17, 15) is 0 Å². The first-order chi connectivity index (χ1) is 9.36. The topological polar surface area (TPSA) is 62.9 Å². The Labute approximate surface area is 114 Å². The van der Waals surface area contributed by atoms with Gasteiger partial charge in [0.1, 0.15) is 12.4 Å². The molecule has 1 aromatic rings. The van der Waals surface area contributed by atoms with E-state index in [-0.39, 0.29) is 0 Å². The maximum absolute atomic E-state index is 5.56. The number of hydrogen-bond acceptors (Lipinski definition) is 5. The fourth-order valence-corrected chi connectivity index (χ4v) is 1.44. The van der Waals surface area contributed by atoms with Crippen LogP contribution in [-0.2, 0) is 20.8 Å². The van der Waals surface area contributed by atoms with Gasteiger partial charge < -0.3 is 24.7 Å². The molecule has 0 saturated carbocycles. The molecule has 0 fully saturated rings. The van der Waals surface area contributed by atoms with Gasteiger partial charge in [0.2, 0.25) is 0 Å². The molecule has 0 atom stereocenters. The monoisotopic (exact) mass is 269 g/mol. The average Bonchev–Trinajstić information content (AvgIpc) is 2.46. The summed E-state index contributed by atoms with van der Waals surface area (Å²) in [5.74, 6) is 0.822. The fourth-order valence-electron chi connectivity index (χ4n) is 1.44. The van der Waals surface area contributed by atoms with Gasteiger partial charge in [-0.25, -0.2) is 0 Å². The number of nitrogens with two attached hydrogens (primary N) is 1. The number of methoxy groups -OCH3 is 1. The zero-order valence-electron chi connectivity index (χ0n) is 11.5. The molecule has 19 heavy (non-hydrogen) atoms. The first kappa shape index (κ1) is 15.9. The lowest BCUT2D eigenvalue weighted by Crippen LogP contribution is -2.12. The van der Waals surface area contributed by atoms with Gasteiger partial charge in [-0.3, -0.25) is 0 Å². The van der Waals surface area contributed by atoms with Crippen LogP contribution in [0.2, 0.25) is 0 Å². The molecular formula is C14H23NO4. The Balaban J connectivity index is 1.98. The van der Waals surface area contributed by atoms with E-state index in [4.69, 9.17) is 24.7 Å². The summed E-state index contributed by atoms with van der Waals surface area (Å²) in [5, 5.41) is 0. The Kier molecular flexibility index (Phi) is 9.01. The summed E-state index contributed by atoms with van der Waals surface area (Å²) in [6.07, 6.45) is 0. The van der Waals surface area contributed by atoms with Crippen molar-refractivity contribution in [2.45, 2.75) is 6.54 Å². The molecular weight excluding hydrogens is 246 g/mol. The van der Waals surface area contributed by atoms with Crippen LogP contribution in [0.5, 0.6) is 5.75 Å². The Morgan fingerprint density at radius 1 is 0.947 bits per heavy atom. The van der Waals surface area contributed by atoms with E-state index < -0.39 is 0 Å². The number of benzene rings is 1. The van der Waals surface area contributed by atoms with Crippen LogP contribution in [0, 0.1) is 0 Å². The van der Waals surface area contributed by atoms with E-state index in [1.807, 2.05) is 24.3 Å². The van der Waals surface area contributed by atoms with Crippen LogP contribution < -0.4 is 10.5 Å². The summed E-state index contributed by atoms with van der Waals surface area (Å²) < 4.78 is 21.1. The zero-order chi connectivity index (χ0) is 13.8. The van der Waals surface area contributed by atoms with Crippen molar-refractivity contribution >= 4 is 0 Å². The molecule has 0 aromatic heterocycles. The van der Waals surface area contributed by atoms with Gasteiger partial charge in [0.05, 0.1) is 33.0 Å². The first-order valence-electron chi connectivity index (χ1n) is 6.43. The Hall–Kier alpha value is -1.14. The normalized spacial score (nSPS) is 10.6. The minimum Gasteiger partial charge on any atom is -0.491 e. The molecule has 0 aliphatic heterocycles. The Morgan fingerprint density at radius 3 is 2.32 bits per heavy atom. The van der Waals surface area contributed by atoms with Gasteiger partial charge in [-0.05, 0) is 17.7 Å². The van der Waals surface area contributed by atoms with Crippen LogP contribution in [0.3, 0.4) is 0 Å². The summed E-state index contributed by atoms with van der Waals surface area (Å²) in [7, 11) is 1.65. The largest absolute Gasteiger partial charge is 0.491 e. The Morgan fingerprint density at radius 2 is 1.63 bits per heavy atom. The van der Waals surface area contributed by atoms with Gasteiger partial charge in [-0.2, -0.15) is 0 Å². The second kappa shape index (κ2) is 10.8. The molecule has 2 N–H and O–H groups in total. The van der Waals surface area contributed by atoms with Crippen molar-refractivity contribution in [1.82, 2.24) is 0 Å². The second-order valence-corrected chi connectivity index (χ2v) is 3.92. The lowest BCUT2D eigenvalue weighted by atomic mass is 10.2. The summed E-state index contributed by atoms with van der Waals surface area (Å²) in [4.78, 5) is 0. The van der Waals surface area contributed by atoms with Crippen molar-refractivity contribution in [3.63, 3.8) is 0 Å². The predicted octanol–water partition coefficient (Wildman–Crippen LogP) is 1.20. The van der Waals surface area contributed by atoms with E-state index in [0.717, 1.165) is 11.3 Å². The van der Waals surface area contributed by atoms with Crippen molar-refractivity contribution in [3.8, 4) is 5.75 Å². The van der Waals surface area contributed by atoms with E-state index in [0.29, 0.717) is 46.2 Å². The Bertz CT molecular complexity index is 333. The third kappa shape index (κ3) is 7.79.